The molecule has 0 fully saturated rings. The smallest absolute Gasteiger partial charge is 0.271 e. The van der Waals surface area contributed by atoms with Gasteiger partial charge < -0.3 is 30.5 Å². The number of likely N-dealkylation sites (N-methyl/N-ethyl adjacent to an activating group) is 1. The van der Waals surface area contributed by atoms with E-state index in [2.05, 4.69) is 14.9 Å². The van der Waals surface area contributed by atoms with Gasteiger partial charge in [0.15, 0.2) is 0 Å². The van der Waals surface area contributed by atoms with Crippen LogP contribution in [-0.4, -0.2) is 86.7 Å². The Morgan fingerprint density at radius 2 is 1.83 bits per heavy atom. The molecular formula is C40H51N5O7S2. The number of sulfonamides is 1. The molecule has 54 heavy (non-hydrogen) atoms. The van der Waals surface area contributed by atoms with Gasteiger partial charge in [-0.05, 0) is 99.6 Å². The maximum absolute atomic E-state index is 14.4. The molecular weight excluding hydrogens is 727 g/mol. The number of aliphatic hydroxyl groups is 1. The minimum Gasteiger partial charge on any atom is -0.490 e. The molecule has 14 heteroatoms. The summed E-state index contributed by atoms with van der Waals surface area (Å²) in [5.41, 5.74) is 9.01. The topological polar surface area (TPSA) is 164 Å². The molecule has 5 rings (SSSR count). The van der Waals surface area contributed by atoms with Crippen LogP contribution in [0.15, 0.2) is 88.5 Å². The second-order valence-electron chi connectivity index (χ2n) is 14.0. The maximum Gasteiger partial charge on any atom is 0.271 e. The van der Waals surface area contributed by atoms with Crippen LogP contribution < -0.4 is 20.5 Å². The van der Waals surface area contributed by atoms with Crippen molar-refractivity contribution in [3.63, 3.8) is 0 Å². The fourth-order valence-corrected chi connectivity index (χ4v) is 8.36. The summed E-state index contributed by atoms with van der Waals surface area (Å²) in [5, 5.41) is 14.8. The summed E-state index contributed by atoms with van der Waals surface area (Å²) in [6, 6.07) is 21.9. The number of ether oxygens (including phenoxy) is 2. The number of nitrogens with two attached hydrogens (primary N) is 1. The zero-order valence-corrected chi connectivity index (χ0v) is 32.9. The second-order valence-corrected chi connectivity index (χ2v) is 16.8. The van der Waals surface area contributed by atoms with Crippen molar-refractivity contribution in [1.29, 1.82) is 0 Å². The van der Waals surface area contributed by atoms with Crippen molar-refractivity contribution in [3.8, 4) is 5.75 Å². The van der Waals surface area contributed by atoms with Gasteiger partial charge >= 0.3 is 0 Å². The summed E-state index contributed by atoms with van der Waals surface area (Å²) < 4.78 is 41.7. The number of para-hydroxylation sites is 2. The van der Waals surface area contributed by atoms with Crippen LogP contribution in [0.2, 0.25) is 0 Å². The standard InChI is InChI=1S/C40H51N5O7S2/c1-27-23-45(28(2)26-46)40(48)33-22-32(43-54(49,50)38-13-9-21-53-38)18-19-36(33)52-29(3)10-7-8-20-51-37(27)25-44(4)24-30-14-16-31(17-15-30)39(47)42-35-12-6-5-11-34(35)41/h5-6,9,11-19,21-22,27-29,37,43,46H,7-8,10,20,23-26,41H2,1-4H3,(H,42,47)/t27-,28+,29+,37-/m0/s1. The van der Waals surface area contributed by atoms with Crippen molar-refractivity contribution in [2.45, 2.75) is 69.0 Å². The summed E-state index contributed by atoms with van der Waals surface area (Å²) in [5.74, 6) is -0.420. The zero-order chi connectivity index (χ0) is 38.8. The van der Waals surface area contributed by atoms with Gasteiger partial charge in [-0.15, -0.1) is 11.3 Å². The van der Waals surface area contributed by atoms with Crippen LogP contribution in [0, 0.1) is 5.92 Å². The zero-order valence-electron chi connectivity index (χ0n) is 31.2. The predicted octanol–water partition coefficient (Wildman–Crippen LogP) is 6.31. The Morgan fingerprint density at radius 3 is 2.54 bits per heavy atom. The summed E-state index contributed by atoms with van der Waals surface area (Å²) in [6.07, 6.45) is 1.94. The lowest BCUT2D eigenvalue weighted by Gasteiger charge is -2.36. The van der Waals surface area contributed by atoms with E-state index in [0.717, 1.165) is 36.2 Å². The van der Waals surface area contributed by atoms with Crippen molar-refractivity contribution in [2.75, 3.05) is 49.1 Å². The average molecular weight is 778 g/mol. The molecule has 4 atom stereocenters. The van der Waals surface area contributed by atoms with Gasteiger partial charge in [-0.1, -0.05) is 37.3 Å². The van der Waals surface area contributed by atoms with Crippen LogP contribution in [0.3, 0.4) is 0 Å². The molecule has 1 aliphatic heterocycles. The number of hydrogen-bond donors (Lipinski definition) is 4. The van der Waals surface area contributed by atoms with Crippen molar-refractivity contribution in [2.24, 2.45) is 5.92 Å². The van der Waals surface area contributed by atoms with Gasteiger partial charge in [-0.2, -0.15) is 0 Å². The largest absolute Gasteiger partial charge is 0.490 e. The van der Waals surface area contributed by atoms with E-state index < -0.39 is 16.1 Å². The average Bonchev–Trinajstić information content (AvgIpc) is 3.71. The number of fused-ring (bicyclic) bond motifs is 1. The Kier molecular flexibility index (Phi) is 14.1. The molecule has 0 unspecified atom stereocenters. The predicted molar refractivity (Wildman–Crippen MR) is 214 cm³/mol. The molecule has 12 nitrogen and oxygen atoms in total. The number of rotatable bonds is 11. The fourth-order valence-electron chi connectivity index (χ4n) is 6.32. The Hall–Kier alpha value is -4.47. The molecule has 0 radical (unpaired) electrons. The van der Waals surface area contributed by atoms with Gasteiger partial charge in [-0.25, -0.2) is 8.42 Å². The van der Waals surface area contributed by atoms with Gasteiger partial charge in [0.25, 0.3) is 21.8 Å². The van der Waals surface area contributed by atoms with Crippen LogP contribution in [-0.2, 0) is 21.3 Å². The number of nitrogens with zero attached hydrogens (tertiary/aromatic N) is 2. The third-order valence-corrected chi connectivity index (χ3v) is 12.2. The Balaban J connectivity index is 1.32. The van der Waals surface area contributed by atoms with Gasteiger partial charge in [-0.3, -0.25) is 19.2 Å². The summed E-state index contributed by atoms with van der Waals surface area (Å²) in [4.78, 5) is 31.1. The van der Waals surface area contributed by atoms with E-state index in [9.17, 15) is 23.1 Å². The van der Waals surface area contributed by atoms with E-state index in [1.54, 1.807) is 59.7 Å². The summed E-state index contributed by atoms with van der Waals surface area (Å²) >= 11 is 1.10. The highest BCUT2D eigenvalue weighted by molar-refractivity contribution is 7.94. The highest BCUT2D eigenvalue weighted by Crippen LogP contribution is 2.30. The molecule has 4 aromatic rings. The van der Waals surface area contributed by atoms with Gasteiger partial charge in [0.1, 0.15) is 9.96 Å². The van der Waals surface area contributed by atoms with Crippen LogP contribution in [0.1, 0.15) is 66.3 Å². The summed E-state index contributed by atoms with van der Waals surface area (Å²) in [6.45, 7) is 7.47. The molecule has 2 heterocycles. The van der Waals surface area contributed by atoms with Crippen LogP contribution >= 0.6 is 11.3 Å². The minimum atomic E-state index is -3.86. The number of hydrogen-bond acceptors (Lipinski definition) is 10. The number of thiophene rings is 1. The molecule has 1 aliphatic rings. The van der Waals surface area contributed by atoms with Crippen LogP contribution in [0.25, 0.3) is 0 Å². The Labute approximate surface area is 322 Å². The third kappa shape index (κ3) is 10.8. The first kappa shape index (κ1) is 40.7. The monoisotopic (exact) mass is 777 g/mol. The van der Waals surface area contributed by atoms with E-state index in [-0.39, 0.29) is 58.6 Å². The third-order valence-electron chi connectivity index (χ3n) is 9.43. The number of nitrogen functional groups attached to an aromatic ring is 1. The number of carbonyl (C=O) groups is 2. The number of amides is 2. The lowest BCUT2D eigenvalue weighted by atomic mass is 10.0. The molecule has 1 aromatic heterocycles. The van der Waals surface area contributed by atoms with Crippen molar-refractivity contribution in [3.05, 3.63) is 101 Å². The number of anilines is 3. The number of aliphatic hydroxyl groups excluding tert-OH is 1. The van der Waals surface area contributed by atoms with E-state index in [1.807, 2.05) is 45.2 Å². The SMILES string of the molecule is C[C@@H]1CCCCO[C@@H](CN(C)Cc2ccc(C(=O)Nc3ccccc3N)cc2)[C@@H](C)CN([C@H](C)CO)C(=O)c2cc(NS(=O)(=O)c3cccs3)ccc2O1. The quantitative estimate of drug-likeness (QED) is 0.128. The first-order chi connectivity index (χ1) is 25.8. The lowest BCUT2D eigenvalue weighted by Crippen LogP contribution is -2.47. The van der Waals surface area contributed by atoms with Crippen molar-refractivity contribution < 1.29 is 32.6 Å². The molecule has 5 N–H and O–H groups in total. The molecule has 0 aliphatic carbocycles. The normalized spacial score (nSPS) is 19.3. The fraction of sp³-hybridized carbons (Fsp3) is 0.400. The van der Waals surface area contributed by atoms with Crippen molar-refractivity contribution >= 4 is 50.2 Å². The van der Waals surface area contributed by atoms with Gasteiger partial charge in [0, 0.05) is 43.4 Å². The Morgan fingerprint density at radius 1 is 1.07 bits per heavy atom. The lowest BCUT2D eigenvalue weighted by molar-refractivity contribution is -0.0177. The van der Waals surface area contributed by atoms with E-state index in [0.29, 0.717) is 42.4 Å². The molecule has 0 bridgehead atoms. The minimum absolute atomic E-state index is 0.145. The first-order valence-corrected chi connectivity index (χ1v) is 20.5. The number of nitrogens with one attached hydrogen (secondary N) is 2. The highest BCUT2D eigenvalue weighted by atomic mass is 32.2. The van der Waals surface area contributed by atoms with E-state index >= 15 is 0 Å². The van der Waals surface area contributed by atoms with Crippen LogP contribution in [0.5, 0.6) is 5.75 Å². The Bertz CT molecular complexity index is 1960. The molecule has 3 aromatic carbocycles. The molecule has 290 valence electrons. The van der Waals surface area contributed by atoms with E-state index in [1.165, 1.54) is 12.1 Å². The molecule has 0 saturated carbocycles. The van der Waals surface area contributed by atoms with Gasteiger partial charge in [0.05, 0.1) is 41.8 Å². The number of benzene rings is 3. The molecule has 2 amide bonds. The van der Waals surface area contributed by atoms with Crippen molar-refractivity contribution in [1.82, 2.24) is 9.80 Å². The molecule has 0 spiro atoms. The van der Waals surface area contributed by atoms with Crippen LogP contribution in [0.4, 0.5) is 17.1 Å². The molecule has 0 saturated heterocycles. The van der Waals surface area contributed by atoms with E-state index in [4.69, 9.17) is 15.2 Å². The first-order valence-electron chi connectivity index (χ1n) is 18.2. The summed E-state index contributed by atoms with van der Waals surface area (Å²) in [7, 11) is -1.85. The highest BCUT2D eigenvalue weighted by Gasteiger charge is 2.31. The number of carbonyl (C=O) groups excluding carboxylic acids is 2. The van der Waals surface area contributed by atoms with Gasteiger partial charge in [0.2, 0.25) is 0 Å². The maximum atomic E-state index is 14.4. The second kappa shape index (κ2) is 18.7.